The summed E-state index contributed by atoms with van der Waals surface area (Å²) >= 11 is 0. The normalized spacial score (nSPS) is 15.1. The van der Waals surface area contributed by atoms with E-state index in [2.05, 4.69) is 10.1 Å². The molecule has 3 rings (SSSR count). The van der Waals surface area contributed by atoms with Gasteiger partial charge in [0.2, 0.25) is 0 Å². The molecule has 1 aliphatic rings. The largest absolute Gasteiger partial charge is 0.484 e. The van der Waals surface area contributed by atoms with E-state index in [9.17, 15) is 9.59 Å². The molecule has 1 aromatic heterocycles. The number of nitrogens with zero attached hydrogens (tertiary/aromatic N) is 3. The van der Waals surface area contributed by atoms with Crippen molar-refractivity contribution in [1.82, 2.24) is 15.0 Å². The minimum atomic E-state index is -0.0478. The first kappa shape index (κ1) is 18.1. The summed E-state index contributed by atoms with van der Waals surface area (Å²) in [5.74, 6) is 1.30. The number of amides is 1. The zero-order valence-corrected chi connectivity index (χ0v) is 15.1. The topological polar surface area (TPSA) is 75.9 Å². The van der Waals surface area contributed by atoms with Crippen molar-refractivity contribution in [2.24, 2.45) is 0 Å². The highest BCUT2D eigenvalue weighted by Gasteiger charge is 2.22. The molecule has 138 valence electrons. The minimum Gasteiger partial charge on any atom is -0.484 e. The summed E-state index contributed by atoms with van der Waals surface area (Å²) in [5, 5.41) is 3.89. The van der Waals surface area contributed by atoms with Gasteiger partial charge in [0.15, 0.2) is 18.2 Å². The zero-order valence-electron chi connectivity index (χ0n) is 15.1. The Hall–Kier alpha value is -2.67. The van der Waals surface area contributed by atoms with Gasteiger partial charge >= 0.3 is 0 Å². The number of hydrogen-bond acceptors (Lipinski definition) is 6. The van der Waals surface area contributed by atoms with E-state index in [0.29, 0.717) is 30.9 Å². The van der Waals surface area contributed by atoms with Gasteiger partial charge in [-0.1, -0.05) is 17.3 Å². The van der Waals surface area contributed by atoms with Gasteiger partial charge in [0.25, 0.3) is 5.91 Å². The Balaban J connectivity index is 1.45. The molecule has 0 N–H and O–H groups in total. The molecule has 0 saturated carbocycles. The maximum Gasteiger partial charge on any atom is 0.260 e. The summed E-state index contributed by atoms with van der Waals surface area (Å²) in [5.41, 5.74) is 1.45. The monoisotopic (exact) mass is 357 g/mol. The van der Waals surface area contributed by atoms with Crippen molar-refractivity contribution in [3.63, 3.8) is 0 Å². The number of carbonyl (C=O) groups is 2. The number of benzene rings is 1. The second-order valence-electron chi connectivity index (χ2n) is 6.46. The first-order chi connectivity index (χ1) is 12.5. The molecule has 7 nitrogen and oxygen atoms in total. The maximum atomic E-state index is 12.3. The second kappa shape index (κ2) is 8.14. The average Bonchev–Trinajstić information content (AvgIpc) is 3.05. The summed E-state index contributed by atoms with van der Waals surface area (Å²) < 4.78 is 10.8. The van der Waals surface area contributed by atoms with E-state index < -0.39 is 0 Å². The van der Waals surface area contributed by atoms with E-state index in [-0.39, 0.29) is 18.3 Å². The lowest BCUT2D eigenvalue weighted by Crippen LogP contribution is -2.49. The fourth-order valence-corrected chi connectivity index (χ4v) is 2.91. The first-order valence-electron chi connectivity index (χ1n) is 8.67. The van der Waals surface area contributed by atoms with E-state index >= 15 is 0 Å². The van der Waals surface area contributed by atoms with Crippen LogP contribution in [0.1, 0.15) is 28.7 Å². The molecule has 7 heteroatoms. The number of piperazine rings is 1. The third-order valence-corrected chi connectivity index (χ3v) is 4.38. The first-order valence-corrected chi connectivity index (χ1v) is 8.67. The van der Waals surface area contributed by atoms with Gasteiger partial charge in [-0.05, 0) is 26.0 Å². The molecule has 1 saturated heterocycles. The molecule has 0 spiro atoms. The fourth-order valence-electron chi connectivity index (χ4n) is 2.91. The molecule has 0 bridgehead atoms. The predicted molar refractivity (Wildman–Crippen MR) is 95.0 cm³/mol. The quantitative estimate of drug-likeness (QED) is 0.735. The minimum absolute atomic E-state index is 0.0251. The van der Waals surface area contributed by atoms with Crippen LogP contribution in [0, 0.1) is 6.92 Å². The summed E-state index contributed by atoms with van der Waals surface area (Å²) in [6.45, 7) is 6.96. The Morgan fingerprint density at radius 3 is 2.62 bits per heavy atom. The summed E-state index contributed by atoms with van der Waals surface area (Å²) in [6, 6.07) is 8.82. The molecule has 2 heterocycles. The number of ketones is 1. The Bertz CT molecular complexity index is 779. The van der Waals surface area contributed by atoms with E-state index in [1.165, 1.54) is 6.92 Å². The molecule has 0 aliphatic carbocycles. The number of carbonyl (C=O) groups excluding carboxylic acids is 2. The number of Topliss-reactive ketones (excluding diaryl/α,β-unsaturated/α-hetero) is 1. The van der Waals surface area contributed by atoms with Crippen molar-refractivity contribution in [2.75, 3.05) is 32.8 Å². The van der Waals surface area contributed by atoms with Gasteiger partial charge in [-0.25, -0.2) is 0 Å². The summed E-state index contributed by atoms with van der Waals surface area (Å²) in [4.78, 5) is 27.8. The van der Waals surface area contributed by atoms with Crippen LogP contribution in [0.25, 0.3) is 0 Å². The highest BCUT2D eigenvalue weighted by atomic mass is 16.5. The molecule has 1 aliphatic heterocycles. The highest BCUT2D eigenvalue weighted by Crippen LogP contribution is 2.14. The van der Waals surface area contributed by atoms with Crippen molar-refractivity contribution in [3.8, 4) is 5.75 Å². The zero-order chi connectivity index (χ0) is 18.5. The van der Waals surface area contributed by atoms with Crippen LogP contribution >= 0.6 is 0 Å². The van der Waals surface area contributed by atoms with Crippen LogP contribution in [-0.2, 0) is 11.3 Å². The maximum absolute atomic E-state index is 12.3. The molecule has 0 unspecified atom stereocenters. The Kier molecular flexibility index (Phi) is 5.68. The van der Waals surface area contributed by atoms with Crippen LogP contribution in [0.4, 0.5) is 0 Å². The van der Waals surface area contributed by atoms with E-state index in [0.717, 1.165) is 24.5 Å². The van der Waals surface area contributed by atoms with E-state index in [1.54, 1.807) is 29.2 Å². The lowest BCUT2D eigenvalue weighted by atomic mass is 10.1. The van der Waals surface area contributed by atoms with Gasteiger partial charge in [-0.3, -0.25) is 14.5 Å². The predicted octanol–water partition coefficient (Wildman–Crippen LogP) is 1.91. The number of rotatable bonds is 6. The van der Waals surface area contributed by atoms with Crippen LogP contribution in [0.15, 0.2) is 34.9 Å². The molecule has 0 atom stereocenters. The average molecular weight is 357 g/mol. The van der Waals surface area contributed by atoms with Crippen molar-refractivity contribution >= 4 is 11.7 Å². The lowest BCUT2D eigenvalue weighted by molar-refractivity contribution is -0.135. The second-order valence-corrected chi connectivity index (χ2v) is 6.46. The smallest absolute Gasteiger partial charge is 0.260 e. The van der Waals surface area contributed by atoms with Crippen molar-refractivity contribution in [1.29, 1.82) is 0 Å². The Morgan fingerprint density at radius 1 is 1.19 bits per heavy atom. The Labute approximate surface area is 152 Å². The van der Waals surface area contributed by atoms with Crippen molar-refractivity contribution in [3.05, 3.63) is 47.3 Å². The van der Waals surface area contributed by atoms with Gasteiger partial charge in [-0.2, -0.15) is 0 Å². The molecule has 1 amide bonds. The van der Waals surface area contributed by atoms with Crippen LogP contribution < -0.4 is 4.74 Å². The number of ether oxygens (including phenoxy) is 1. The molecule has 1 aromatic carbocycles. The van der Waals surface area contributed by atoms with Gasteiger partial charge in [0.05, 0.1) is 12.2 Å². The SMILES string of the molecule is CC(=O)c1cccc(OCC(=O)N2CCN(Cc3cc(C)no3)CC2)c1. The van der Waals surface area contributed by atoms with Crippen molar-refractivity contribution in [2.45, 2.75) is 20.4 Å². The summed E-state index contributed by atoms with van der Waals surface area (Å²) in [7, 11) is 0. The molecule has 2 aromatic rings. The number of aromatic nitrogens is 1. The van der Waals surface area contributed by atoms with Crippen LogP contribution in [0.5, 0.6) is 5.75 Å². The summed E-state index contributed by atoms with van der Waals surface area (Å²) in [6.07, 6.45) is 0. The van der Waals surface area contributed by atoms with Gasteiger partial charge in [0.1, 0.15) is 5.75 Å². The molecular weight excluding hydrogens is 334 g/mol. The van der Waals surface area contributed by atoms with Gasteiger partial charge in [-0.15, -0.1) is 0 Å². The molecule has 1 fully saturated rings. The van der Waals surface area contributed by atoms with Gasteiger partial charge < -0.3 is 14.2 Å². The third-order valence-electron chi connectivity index (χ3n) is 4.38. The molecule has 26 heavy (non-hydrogen) atoms. The lowest BCUT2D eigenvalue weighted by Gasteiger charge is -2.34. The van der Waals surface area contributed by atoms with Crippen molar-refractivity contribution < 1.29 is 18.8 Å². The van der Waals surface area contributed by atoms with Crippen LogP contribution in [-0.4, -0.2) is 59.4 Å². The van der Waals surface area contributed by atoms with E-state index in [1.807, 2.05) is 13.0 Å². The van der Waals surface area contributed by atoms with Crippen LogP contribution in [0.3, 0.4) is 0 Å². The third kappa shape index (κ3) is 4.70. The highest BCUT2D eigenvalue weighted by molar-refractivity contribution is 5.94. The Morgan fingerprint density at radius 2 is 1.96 bits per heavy atom. The van der Waals surface area contributed by atoms with Gasteiger partial charge in [0, 0.05) is 37.8 Å². The van der Waals surface area contributed by atoms with Crippen LogP contribution in [0.2, 0.25) is 0 Å². The number of hydrogen-bond donors (Lipinski definition) is 0. The number of aryl methyl sites for hydroxylation is 1. The standard InChI is InChI=1S/C19H23N3O4/c1-14-10-18(26-20-14)12-21-6-8-22(9-7-21)19(24)13-25-17-5-3-4-16(11-17)15(2)23/h3-5,10-11H,6-9,12-13H2,1-2H3. The molecule has 0 radical (unpaired) electrons. The fraction of sp³-hybridized carbons (Fsp3) is 0.421. The molecular formula is C19H23N3O4. The van der Waals surface area contributed by atoms with E-state index in [4.69, 9.17) is 9.26 Å².